The molecule has 1 aromatic heterocycles. The minimum absolute atomic E-state index is 0.389. The van der Waals surface area contributed by atoms with Gasteiger partial charge in [0.05, 0.1) is 5.69 Å². The van der Waals surface area contributed by atoms with Gasteiger partial charge in [0, 0.05) is 22.2 Å². The van der Waals surface area contributed by atoms with Gasteiger partial charge in [0.25, 0.3) is 0 Å². The Hall–Kier alpha value is -2.24. The fourth-order valence-electron chi connectivity index (χ4n) is 2.57. The molecule has 0 saturated carbocycles. The second-order valence-electron chi connectivity index (χ2n) is 6.20. The highest BCUT2D eigenvalue weighted by atomic mass is 35.5. The van der Waals surface area contributed by atoms with E-state index in [0.29, 0.717) is 21.5 Å². The number of fused-ring (bicyclic) bond motifs is 1. The summed E-state index contributed by atoms with van der Waals surface area (Å²) in [6.07, 6.45) is 0. The zero-order valence-electron chi connectivity index (χ0n) is 14.8. The summed E-state index contributed by atoms with van der Waals surface area (Å²) in [4.78, 5) is 16.3. The molecule has 0 bridgehead atoms. The van der Waals surface area contributed by atoms with Gasteiger partial charge in [-0.25, -0.2) is 9.79 Å². The minimum Gasteiger partial charge on any atom is -0.423 e. The molecule has 2 aromatic carbocycles. The van der Waals surface area contributed by atoms with Crippen LogP contribution in [0.15, 0.2) is 50.6 Å². The molecular formula is C20H19ClN2O2S. The molecule has 0 amide bonds. The maximum Gasteiger partial charge on any atom is 0.336 e. The van der Waals surface area contributed by atoms with Crippen molar-refractivity contribution in [1.29, 1.82) is 0 Å². The average molecular weight is 387 g/mol. The van der Waals surface area contributed by atoms with Crippen molar-refractivity contribution >= 4 is 45.2 Å². The van der Waals surface area contributed by atoms with Gasteiger partial charge < -0.3 is 10.2 Å². The first-order chi connectivity index (χ1) is 12.3. The van der Waals surface area contributed by atoms with Gasteiger partial charge in [0.2, 0.25) is 0 Å². The minimum atomic E-state index is -0.389. The van der Waals surface area contributed by atoms with Crippen LogP contribution in [0.25, 0.3) is 11.0 Å². The SMILES string of the molecule is Cc1ccc(N=C(N)SCc2cc(=O)oc3cc(C)c(Cl)cc23)cc1C. The Bertz CT molecular complexity index is 1070. The van der Waals surface area contributed by atoms with E-state index in [1.165, 1.54) is 29.0 Å². The van der Waals surface area contributed by atoms with Crippen LogP contribution in [0.2, 0.25) is 5.02 Å². The van der Waals surface area contributed by atoms with Gasteiger partial charge in [-0.2, -0.15) is 0 Å². The van der Waals surface area contributed by atoms with Crippen molar-refractivity contribution in [1.82, 2.24) is 0 Å². The van der Waals surface area contributed by atoms with Crippen molar-refractivity contribution in [3.63, 3.8) is 0 Å². The molecule has 1 heterocycles. The number of hydrogen-bond donors (Lipinski definition) is 1. The molecule has 0 aliphatic carbocycles. The Balaban J connectivity index is 1.87. The molecule has 4 nitrogen and oxygen atoms in total. The van der Waals surface area contributed by atoms with Gasteiger partial charge >= 0.3 is 5.63 Å². The van der Waals surface area contributed by atoms with Crippen molar-refractivity contribution in [3.05, 3.63) is 74.1 Å². The lowest BCUT2D eigenvalue weighted by Crippen LogP contribution is -2.07. The third-order valence-electron chi connectivity index (χ3n) is 4.21. The molecule has 0 aliphatic rings. The number of aliphatic imine (C=N–C) groups is 1. The van der Waals surface area contributed by atoms with Gasteiger partial charge in [-0.3, -0.25) is 0 Å². The van der Waals surface area contributed by atoms with Crippen molar-refractivity contribution < 1.29 is 4.42 Å². The largest absolute Gasteiger partial charge is 0.423 e. The lowest BCUT2D eigenvalue weighted by Gasteiger charge is -2.07. The fraction of sp³-hybridized carbons (Fsp3) is 0.200. The monoisotopic (exact) mass is 386 g/mol. The Morgan fingerprint density at radius 2 is 1.88 bits per heavy atom. The fourth-order valence-corrected chi connectivity index (χ4v) is 3.45. The topological polar surface area (TPSA) is 68.6 Å². The average Bonchev–Trinajstić information content (AvgIpc) is 2.57. The molecule has 6 heteroatoms. The smallest absolute Gasteiger partial charge is 0.336 e. The number of nitrogens with two attached hydrogens (primary N) is 1. The molecule has 0 unspecified atom stereocenters. The summed E-state index contributed by atoms with van der Waals surface area (Å²) >= 11 is 7.59. The van der Waals surface area contributed by atoms with Gasteiger partial charge in [0.1, 0.15) is 5.58 Å². The van der Waals surface area contributed by atoms with Crippen molar-refractivity contribution in [2.45, 2.75) is 26.5 Å². The predicted molar refractivity (Wildman–Crippen MR) is 111 cm³/mol. The van der Waals surface area contributed by atoms with Crippen LogP contribution >= 0.6 is 23.4 Å². The third kappa shape index (κ3) is 4.11. The first-order valence-electron chi connectivity index (χ1n) is 8.10. The van der Waals surface area contributed by atoms with E-state index in [1.54, 1.807) is 6.07 Å². The van der Waals surface area contributed by atoms with E-state index >= 15 is 0 Å². The summed E-state index contributed by atoms with van der Waals surface area (Å²) in [6.45, 7) is 5.97. The summed E-state index contributed by atoms with van der Waals surface area (Å²) in [5.41, 5.74) is 11.1. The quantitative estimate of drug-likeness (QED) is 0.379. The third-order valence-corrected chi connectivity index (χ3v) is 5.46. The molecule has 0 aliphatic heterocycles. The standard InChI is InChI=1S/C20H19ClN2O2S/c1-11-4-5-15(6-12(11)2)23-20(22)26-10-14-8-19(24)25-18-7-13(3)17(21)9-16(14)18/h4-9H,10H2,1-3H3,(H2,22,23). The van der Waals surface area contributed by atoms with E-state index < -0.39 is 0 Å². The van der Waals surface area contributed by atoms with Crippen LogP contribution in [-0.2, 0) is 5.75 Å². The summed E-state index contributed by atoms with van der Waals surface area (Å²) < 4.78 is 5.28. The van der Waals surface area contributed by atoms with Crippen molar-refractivity contribution in [2.75, 3.05) is 0 Å². The molecule has 3 rings (SSSR count). The predicted octanol–water partition coefficient (Wildman–Crippen LogP) is 5.25. The second kappa shape index (κ2) is 7.56. The molecular weight excluding hydrogens is 368 g/mol. The van der Waals surface area contributed by atoms with E-state index in [0.717, 1.165) is 22.2 Å². The van der Waals surface area contributed by atoms with Gasteiger partial charge in [-0.05, 0) is 67.3 Å². The van der Waals surface area contributed by atoms with Gasteiger partial charge in [-0.15, -0.1) is 0 Å². The zero-order chi connectivity index (χ0) is 18.8. The number of amidine groups is 1. The lowest BCUT2D eigenvalue weighted by molar-refractivity contribution is 0.559. The Morgan fingerprint density at radius 1 is 1.12 bits per heavy atom. The maximum absolute atomic E-state index is 11.8. The van der Waals surface area contributed by atoms with Crippen LogP contribution in [-0.4, -0.2) is 5.17 Å². The molecule has 0 spiro atoms. The van der Waals surface area contributed by atoms with Crippen LogP contribution in [0.4, 0.5) is 5.69 Å². The first kappa shape index (κ1) is 18.5. The highest BCUT2D eigenvalue weighted by Crippen LogP contribution is 2.27. The number of thioether (sulfide) groups is 1. The Kier molecular flexibility index (Phi) is 5.39. The van der Waals surface area contributed by atoms with E-state index in [9.17, 15) is 4.79 Å². The molecule has 0 radical (unpaired) electrons. The van der Waals surface area contributed by atoms with Crippen LogP contribution in [0.1, 0.15) is 22.3 Å². The van der Waals surface area contributed by atoms with E-state index in [-0.39, 0.29) is 5.63 Å². The number of benzene rings is 2. The Morgan fingerprint density at radius 3 is 2.62 bits per heavy atom. The number of aryl methyl sites for hydroxylation is 3. The molecule has 134 valence electrons. The lowest BCUT2D eigenvalue weighted by atomic mass is 10.1. The van der Waals surface area contributed by atoms with Crippen LogP contribution in [0, 0.1) is 20.8 Å². The number of hydrogen-bond acceptors (Lipinski definition) is 4. The number of halogens is 1. The molecule has 0 saturated heterocycles. The number of rotatable bonds is 3. The highest BCUT2D eigenvalue weighted by molar-refractivity contribution is 8.13. The molecule has 2 N–H and O–H groups in total. The van der Waals surface area contributed by atoms with Gasteiger partial charge in [0.15, 0.2) is 5.17 Å². The van der Waals surface area contributed by atoms with Crippen LogP contribution in [0.3, 0.4) is 0 Å². The first-order valence-corrected chi connectivity index (χ1v) is 9.47. The number of nitrogens with zero attached hydrogens (tertiary/aromatic N) is 1. The maximum atomic E-state index is 11.8. The van der Waals surface area contributed by atoms with Crippen molar-refractivity contribution in [2.24, 2.45) is 10.7 Å². The molecule has 3 aromatic rings. The summed E-state index contributed by atoms with van der Waals surface area (Å²) in [5.74, 6) is 0.502. The van der Waals surface area contributed by atoms with Crippen LogP contribution < -0.4 is 11.4 Å². The zero-order valence-corrected chi connectivity index (χ0v) is 16.4. The molecule has 0 atom stereocenters. The highest BCUT2D eigenvalue weighted by Gasteiger charge is 2.09. The molecule has 0 fully saturated rings. The normalized spacial score (nSPS) is 11.9. The van der Waals surface area contributed by atoms with E-state index in [1.807, 2.05) is 38.1 Å². The van der Waals surface area contributed by atoms with Gasteiger partial charge in [-0.1, -0.05) is 29.4 Å². The Labute approximate surface area is 161 Å². The van der Waals surface area contributed by atoms with E-state index in [2.05, 4.69) is 11.9 Å². The summed E-state index contributed by atoms with van der Waals surface area (Å²) in [5, 5.41) is 1.88. The van der Waals surface area contributed by atoms with E-state index in [4.69, 9.17) is 21.8 Å². The van der Waals surface area contributed by atoms with Crippen molar-refractivity contribution in [3.8, 4) is 0 Å². The summed E-state index contributed by atoms with van der Waals surface area (Å²) in [6, 6.07) is 11.0. The second-order valence-corrected chi connectivity index (χ2v) is 7.60. The van der Waals surface area contributed by atoms with Crippen LogP contribution in [0.5, 0.6) is 0 Å². The summed E-state index contributed by atoms with van der Waals surface area (Å²) in [7, 11) is 0. The molecule has 26 heavy (non-hydrogen) atoms.